The first-order valence-corrected chi connectivity index (χ1v) is 6.14. The van der Waals surface area contributed by atoms with E-state index >= 15 is 0 Å². The number of rotatable bonds is 3. The summed E-state index contributed by atoms with van der Waals surface area (Å²) >= 11 is 0. The second-order valence-electron chi connectivity index (χ2n) is 4.33. The summed E-state index contributed by atoms with van der Waals surface area (Å²) < 4.78 is 24.0. The van der Waals surface area contributed by atoms with E-state index in [0.29, 0.717) is 11.4 Å². The molecule has 21 heavy (non-hydrogen) atoms. The fraction of sp³-hybridized carbons (Fsp3) is 0.200. The van der Waals surface area contributed by atoms with Crippen molar-refractivity contribution in [3.8, 4) is 5.69 Å². The zero-order valence-electron chi connectivity index (χ0n) is 11.8. The topological polar surface area (TPSA) is 57.5 Å². The molecule has 2 rings (SSSR count). The number of carbonyl (C=O) groups is 2. The highest BCUT2D eigenvalue weighted by Crippen LogP contribution is 2.23. The number of hydrogen-bond acceptors (Lipinski definition) is 4. The highest BCUT2D eigenvalue weighted by Gasteiger charge is 2.25. The number of benzene rings is 1. The van der Waals surface area contributed by atoms with Crippen LogP contribution in [-0.2, 0) is 9.47 Å². The Morgan fingerprint density at radius 3 is 2.14 bits per heavy atom. The van der Waals surface area contributed by atoms with Gasteiger partial charge in [0.25, 0.3) is 0 Å². The van der Waals surface area contributed by atoms with Crippen LogP contribution in [0.4, 0.5) is 4.39 Å². The van der Waals surface area contributed by atoms with E-state index in [4.69, 9.17) is 4.74 Å². The summed E-state index contributed by atoms with van der Waals surface area (Å²) in [5.41, 5.74) is 1.36. The lowest BCUT2D eigenvalue weighted by atomic mass is 10.1. The van der Waals surface area contributed by atoms with Crippen LogP contribution in [0.2, 0.25) is 0 Å². The summed E-state index contributed by atoms with van der Waals surface area (Å²) in [6.07, 6.45) is 1.47. The number of hydrogen-bond donors (Lipinski definition) is 0. The summed E-state index contributed by atoms with van der Waals surface area (Å²) in [4.78, 5) is 23.7. The van der Waals surface area contributed by atoms with Gasteiger partial charge in [-0.3, -0.25) is 0 Å². The zero-order valence-corrected chi connectivity index (χ0v) is 11.8. The minimum Gasteiger partial charge on any atom is -0.465 e. The first-order chi connectivity index (χ1) is 9.99. The van der Waals surface area contributed by atoms with Crippen molar-refractivity contribution in [3.63, 3.8) is 0 Å². The molecule has 110 valence electrons. The lowest BCUT2D eigenvalue weighted by molar-refractivity contribution is 0.0556. The lowest BCUT2D eigenvalue weighted by Crippen LogP contribution is -2.10. The maximum absolute atomic E-state index is 13.0. The molecule has 1 aromatic heterocycles. The van der Waals surface area contributed by atoms with E-state index in [-0.39, 0.29) is 16.9 Å². The van der Waals surface area contributed by atoms with Gasteiger partial charge in [-0.25, -0.2) is 14.0 Å². The van der Waals surface area contributed by atoms with Crippen LogP contribution in [0.5, 0.6) is 0 Å². The number of ether oxygens (including phenoxy) is 2. The molecule has 0 amide bonds. The Balaban J connectivity index is 2.63. The van der Waals surface area contributed by atoms with Gasteiger partial charge in [0.1, 0.15) is 5.82 Å². The van der Waals surface area contributed by atoms with Gasteiger partial charge >= 0.3 is 11.9 Å². The van der Waals surface area contributed by atoms with Crippen molar-refractivity contribution in [1.29, 1.82) is 0 Å². The molecule has 0 spiro atoms. The van der Waals surface area contributed by atoms with E-state index in [9.17, 15) is 14.0 Å². The number of methoxy groups -OCH3 is 2. The molecule has 0 bridgehead atoms. The summed E-state index contributed by atoms with van der Waals surface area (Å²) in [6.45, 7) is 1.67. The third-order valence-electron chi connectivity index (χ3n) is 3.15. The van der Waals surface area contributed by atoms with Gasteiger partial charge in [0.15, 0.2) is 0 Å². The predicted octanol–water partition coefficient (Wildman–Crippen LogP) is 2.50. The average molecular weight is 291 g/mol. The van der Waals surface area contributed by atoms with Gasteiger partial charge in [-0.15, -0.1) is 0 Å². The van der Waals surface area contributed by atoms with E-state index in [2.05, 4.69) is 4.74 Å². The van der Waals surface area contributed by atoms with Gasteiger partial charge < -0.3 is 14.0 Å². The summed E-state index contributed by atoms with van der Waals surface area (Å²) in [5.74, 6) is -1.64. The monoisotopic (exact) mass is 291 g/mol. The maximum atomic E-state index is 13.0. The molecule has 0 N–H and O–H groups in total. The summed E-state index contributed by atoms with van der Waals surface area (Å²) in [6, 6.07) is 5.68. The van der Waals surface area contributed by atoms with Gasteiger partial charge in [0.2, 0.25) is 0 Å². The van der Waals surface area contributed by atoms with Crippen molar-refractivity contribution in [2.45, 2.75) is 6.92 Å². The Morgan fingerprint density at radius 1 is 1.05 bits per heavy atom. The smallest absolute Gasteiger partial charge is 0.340 e. The van der Waals surface area contributed by atoms with E-state index in [1.54, 1.807) is 23.6 Å². The quantitative estimate of drug-likeness (QED) is 0.815. The predicted molar refractivity (Wildman–Crippen MR) is 73.1 cm³/mol. The molecule has 0 aliphatic heterocycles. The van der Waals surface area contributed by atoms with Crippen LogP contribution in [0.15, 0.2) is 30.5 Å². The van der Waals surface area contributed by atoms with Gasteiger partial charge in [-0.2, -0.15) is 0 Å². The molecule has 2 aromatic rings. The van der Waals surface area contributed by atoms with E-state index < -0.39 is 11.9 Å². The zero-order chi connectivity index (χ0) is 15.6. The van der Waals surface area contributed by atoms with Crippen LogP contribution in [0.25, 0.3) is 5.69 Å². The van der Waals surface area contributed by atoms with Gasteiger partial charge in [-0.05, 0) is 31.2 Å². The standard InChI is InChI=1S/C15H14FNO4/c1-9-13(15(19)21-3)12(14(18)20-2)8-17(9)11-6-4-10(16)5-7-11/h4-8H,1-3H3. The molecule has 0 saturated carbocycles. The Kier molecular flexibility index (Phi) is 4.07. The van der Waals surface area contributed by atoms with Crippen molar-refractivity contribution in [2.24, 2.45) is 0 Å². The molecule has 0 radical (unpaired) electrons. The van der Waals surface area contributed by atoms with Crippen LogP contribution in [0.3, 0.4) is 0 Å². The van der Waals surface area contributed by atoms with Crippen LogP contribution in [0.1, 0.15) is 26.4 Å². The molecule has 5 nitrogen and oxygen atoms in total. The highest BCUT2D eigenvalue weighted by molar-refractivity contribution is 6.04. The van der Waals surface area contributed by atoms with Crippen molar-refractivity contribution in [3.05, 3.63) is 53.1 Å². The third kappa shape index (κ3) is 2.65. The SMILES string of the molecule is COC(=O)c1cn(-c2ccc(F)cc2)c(C)c1C(=O)OC. The molecule has 0 aliphatic carbocycles. The Hall–Kier alpha value is -2.63. The molecule has 0 atom stereocenters. The summed E-state index contributed by atoms with van der Waals surface area (Å²) in [7, 11) is 2.46. The molecule has 6 heteroatoms. The summed E-state index contributed by atoms with van der Waals surface area (Å²) in [5, 5.41) is 0. The van der Waals surface area contributed by atoms with Gasteiger partial charge in [0, 0.05) is 17.6 Å². The Morgan fingerprint density at radius 2 is 1.62 bits per heavy atom. The van der Waals surface area contributed by atoms with E-state index in [0.717, 1.165) is 0 Å². The normalized spacial score (nSPS) is 10.3. The largest absolute Gasteiger partial charge is 0.465 e. The van der Waals surface area contributed by atoms with Crippen LogP contribution < -0.4 is 0 Å². The van der Waals surface area contributed by atoms with Crippen LogP contribution >= 0.6 is 0 Å². The van der Waals surface area contributed by atoms with Crippen molar-refractivity contribution < 1.29 is 23.5 Å². The molecule has 0 aliphatic rings. The van der Waals surface area contributed by atoms with Gasteiger partial charge in [-0.1, -0.05) is 0 Å². The van der Waals surface area contributed by atoms with Crippen molar-refractivity contribution in [2.75, 3.05) is 14.2 Å². The van der Waals surface area contributed by atoms with E-state index in [1.807, 2.05) is 0 Å². The number of esters is 2. The fourth-order valence-corrected chi connectivity index (χ4v) is 2.10. The molecule has 0 unspecified atom stereocenters. The molecule has 1 heterocycles. The second-order valence-corrected chi connectivity index (χ2v) is 4.33. The van der Waals surface area contributed by atoms with Crippen LogP contribution in [-0.4, -0.2) is 30.7 Å². The molecular formula is C15H14FNO4. The van der Waals surface area contributed by atoms with Crippen molar-refractivity contribution >= 4 is 11.9 Å². The van der Waals surface area contributed by atoms with Crippen LogP contribution in [0, 0.1) is 12.7 Å². The first-order valence-electron chi connectivity index (χ1n) is 6.14. The lowest BCUT2D eigenvalue weighted by Gasteiger charge is -2.06. The molecule has 0 fully saturated rings. The van der Waals surface area contributed by atoms with Gasteiger partial charge in [0.05, 0.1) is 25.3 Å². The maximum Gasteiger partial charge on any atom is 0.340 e. The highest BCUT2D eigenvalue weighted by atomic mass is 19.1. The molecule has 1 aromatic carbocycles. The number of aromatic nitrogens is 1. The minimum atomic E-state index is -0.639. The number of carbonyl (C=O) groups excluding carboxylic acids is 2. The van der Waals surface area contributed by atoms with E-state index in [1.165, 1.54) is 32.5 Å². The minimum absolute atomic E-state index is 0.103. The molecule has 0 saturated heterocycles. The Labute approximate surface area is 120 Å². The second kappa shape index (κ2) is 5.78. The Bertz CT molecular complexity index is 688. The number of nitrogens with zero attached hydrogens (tertiary/aromatic N) is 1. The number of halogens is 1. The molecular weight excluding hydrogens is 277 g/mol. The van der Waals surface area contributed by atoms with Crippen molar-refractivity contribution in [1.82, 2.24) is 4.57 Å². The third-order valence-corrected chi connectivity index (χ3v) is 3.15. The fourth-order valence-electron chi connectivity index (χ4n) is 2.10. The average Bonchev–Trinajstić information content (AvgIpc) is 2.84. The first kappa shape index (κ1) is 14.8.